The molecule has 206 valence electrons. The molecule has 1 amide bonds. The normalized spacial score (nSPS) is 20.8. The second-order valence-corrected chi connectivity index (χ2v) is 11.7. The third-order valence-corrected chi connectivity index (χ3v) is 8.19. The molecular weight excluding hydrogens is 541 g/mol. The third-order valence-electron chi connectivity index (χ3n) is 7.49. The van der Waals surface area contributed by atoms with Gasteiger partial charge in [-0.3, -0.25) is 4.79 Å². The summed E-state index contributed by atoms with van der Waals surface area (Å²) in [6.45, 7) is 1.52. The van der Waals surface area contributed by atoms with Crippen molar-refractivity contribution in [3.8, 4) is 11.4 Å². The van der Waals surface area contributed by atoms with Gasteiger partial charge in [-0.05, 0) is 73.6 Å². The number of rotatable bonds is 7. The first-order chi connectivity index (χ1) is 18.6. The number of ether oxygens (including phenoxy) is 1. The molecule has 2 atom stereocenters. The van der Waals surface area contributed by atoms with Crippen LogP contribution in [0.4, 0.5) is 0 Å². The van der Waals surface area contributed by atoms with E-state index >= 15 is 0 Å². The van der Waals surface area contributed by atoms with Crippen LogP contribution in [0.5, 0.6) is 5.75 Å². The topological polar surface area (TPSA) is 105 Å². The van der Waals surface area contributed by atoms with E-state index in [1.54, 1.807) is 22.6 Å². The Hall–Kier alpha value is -2.94. The first-order valence-electron chi connectivity index (χ1n) is 12.9. The van der Waals surface area contributed by atoms with E-state index in [4.69, 9.17) is 26.1 Å². The second kappa shape index (κ2) is 11.3. The number of fused-ring (bicyclic) bond motifs is 1. The number of phosphoric acid groups is 1. The van der Waals surface area contributed by atoms with Crippen LogP contribution in [0.2, 0.25) is 5.02 Å². The molecule has 0 radical (unpaired) electrons. The van der Waals surface area contributed by atoms with Crippen molar-refractivity contribution in [3.05, 3.63) is 82.4 Å². The lowest BCUT2D eigenvalue weighted by atomic mass is 9.84. The summed E-state index contributed by atoms with van der Waals surface area (Å²) in [5.74, 6) is 0.682. The molecule has 0 unspecified atom stereocenters. The van der Waals surface area contributed by atoms with E-state index in [0.717, 1.165) is 60.2 Å². The molecule has 5 rings (SSSR count). The standard InChI is InChI=1S/C28H31ClN3O6P/c1-19-16-30(17-31(19)18-38-39(34,35)36)26-13-6-20(15-27(26)37-2)14-22-9-12-24-4-3-5-25(32(24)28(22)33)21-7-10-23(29)11-8-21/h6-8,10-11,13-17,24-25H,3-5,9,12,18H2,1-2H3,(H-,34,35,36)/p+1/t24-,25+/m1/s1. The minimum Gasteiger partial charge on any atom is -0.492 e. The molecule has 3 aromatic rings. The number of phosphoric ester groups is 1. The minimum atomic E-state index is -4.59. The number of piperidine rings is 2. The molecule has 3 heterocycles. The highest BCUT2D eigenvalue weighted by atomic mass is 35.5. The summed E-state index contributed by atoms with van der Waals surface area (Å²) < 4.78 is 24.8. The Morgan fingerprint density at radius 3 is 2.64 bits per heavy atom. The fraction of sp³-hybridized carbons (Fsp3) is 0.357. The third kappa shape index (κ3) is 6.13. The Bertz CT molecular complexity index is 1450. The Kier molecular flexibility index (Phi) is 7.99. The van der Waals surface area contributed by atoms with E-state index in [-0.39, 0.29) is 24.7 Å². The van der Waals surface area contributed by atoms with Crippen molar-refractivity contribution in [2.45, 2.75) is 57.8 Å². The molecular formula is C28H32ClN3O6P+. The molecule has 11 heteroatoms. The number of hydrogen-bond acceptors (Lipinski definition) is 4. The zero-order valence-corrected chi connectivity index (χ0v) is 23.5. The second-order valence-electron chi connectivity index (χ2n) is 10.0. The zero-order chi connectivity index (χ0) is 27.7. The summed E-state index contributed by atoms with van der Waals surface area (Å²) >= 11 is 6.11. The molecule has 2 fully saturated rings. The van der Waals surface area contributed by atoms with Gasteiger partial charge in [-0.2, -0.15) is 4.57 Å². The van der Waals surface area contributed by atoms with Gasteiger partial charge >= 0.3 is 7.82 Å². The van der Waals surface area contributed by atoms with Crippen molar-refractivity contribution >= 4 is 31.4 Å². The molecule has 39 heavy (non-hydrogen) atoms. The lowest BCUT2D eigenvalue weighted by Crippen LogP contribution is -2.49. The summed E-state index contributed by atoms with van der Waals surface area (Å²) in [6, 6.07) is 13.8. The van der Waals surface area contributed by atoms with Crippen molar-refractivity contribution in [2.75, 3.05) is 7.11 Å². The predicted octanol–water partition coefficient (Wildman–Crippen LogP) is 5.10. The van der Waals surface area contributed by atoms with Crippen LogP contribution < -0.4 is 9.30 Å². The maximum absolute atomic E-state index is 13.8. The summed E-state index contributed by atoms with van der Waals surface area (Å²) in [5.41, 5.74) is 4.25. The first-order valence-corrected chi connectivity index (χ1v) is 14.8. The van der Waals surface area contributed by atoms with E-state index in [1.807, 2.05) is 61.7 Å². The lowest BCUT2D eigenvalue weighted by Gasteiger charge is -2.46. The smallest absolute Gasteiger partial charge is 0.472 e. The minimum absolute atomic E-state index is 0.0485. The highest BCUT2D eigenvalue weighted by Crippen LogP contribution is 2.41. The van der Waals surface area contributed by atoms with Crippen LogP contribution in [0.3, 0.4) is 0 Å². The molecule has 1 aromatic heterocycles. The quantitative estimate of drug-likeness (QED) is 0.232. The van der Waals surface area contributed by atoms with Gasteiger partial charge in [-0.15, -0.1) is 0 Å². The average molecular weight is 573 g/mol. The van der Waals surface area contributed by atoms with Crippen LogP contribution in [0.15, 0.2) is 60.6 Å². The van der Waals surface area contributed by atoms with E-state index in [9.17, 15) is 9.36 Å². The first kappa shape index (κ1) is 27.6. The van der Waals surface area contributed by atoms with Gasteiger partial charge in [0.2, 0.25) is 6.73 Å². The van der Waals surface area contributed by atoms with Gasteiger partial charge in [0, 0.05) is 23.6 Å². The number of benzene rings is 2. The Labute approximate surface area is 232 Å². The number of aryl methyl sites for hydroxylation is 1. The van der Waals surface area contributed by atoms with Gasteiger partial charge in [0.25, 0.3) is 12.2 Å². The van der Waals surface area contributed by atoms with Crippen LogP contribution in [0, 0.1) is 6.92 Å². The number of amides is 1. The fourth-order valence-corrected chi connectivity index (χ4v) is 5.96. The molecule has 0 spiro atoms. The van der Waals surface area contributed by atoms with E-state index in [2.05, 4.69) is 9.42 Å². The van der Waals surface area contributed by atoms with Crippen molar-refractivity contribution < 1.29 is 33.0 Å². The van der Waals surface area contributed by atoms with E-state index in [1.165, 1.54) is 0 Å². The van der Waals surface area contributed by atoms with Crippen LogP contribution in [0.1, 0.15) is 55.0 Å². The van der Waals surface area contributed by atoms with Crippen molar-refractivity contribution in [1.82, 2.24) is 9.47 Å². The van der Waals surface area contributed by atoms with Gasteiger partial charge < -0.3 is 19.4 Å². The van der Waals surface area contributed by atoms with E-state index in [0.29, 0.717) is 10.8 Å². The number of carbonyl (C=O) groups is 1. The number of carbonyl (C=O) groups excluding carboxylic acids is 1. The van der Waals surface area contributed by atoms with Crippen molar-refractivity contribution in [3.63, 3.8) is 0 Å². The molecule has 2 aliphatic rings. The fourth-order valence-electron chi connectivity index (χ4n) is 5.56. The number of halogens is 1. The van der Waals surface area contributed by atoms with Gasteiger partial charge in [0.05, 0.1) is 13.2 Å². The van der Waals surface area contributed by atoms with Gasteiger partial charge in [-0.1, -0.05) is 29.8 Å². The molecule has 2 aromatic carbocycles. The Morgan fingerprint density at radius 1 is 1.15 bits per heavy atom. The summed E-state index contributed by atoms with van der Waals surface area (Å²) in [7, 11) is -3.01. The highest BCUT2D eigenvalue weighted by Gasteiger charge is 2.39. The molecule has 2 aliphatic heterocycles. The largest absolute Gasteiger partial charge is 0.492 e. The van der Waals surface area contributed by atoms with Gasteiger partial charge in [-0.25, -0.2) is 13.7 Å². The Balaban J connectivity index is 1.40. The van der Waals surface area contributed by atoms with Crippen LogP contribution in [-0.2, 0) is 20.6 Å². The predicted molar refractivity (Wildman–Crippen MR) is 146 cm³/mol. The SMILES string of the molecule is COc1cc(C=C2CC[C@H]3CCC[C@@H](c4ccc(Cl)cc4)N3C2=O)ccc1-[n+]1cc(C)n(COP(=O)(O)O)c1. The monoisotopic (exact) mass is 572 g/mol. The maximum Gasteiger partial charge on any atom is 0.472 e. The summed E-state index contributed by atoms with van der Waals surface area (Å²) in [4.78, 5) is 33.9. The van der Waals surface area contributed by atoms with Gasteiger partial charge in [0.1, 0.15) is 11.9 Å². The molecule has 2 N–H and O–H groups in total. The Morgan fingerprint density at radius 2 is 1.92 bits per heavy atom. The molecule has 0 aliphatic carbocycles. The van der Waals surface area contributed by atoms with Gasteiger partial charge in [0.15, 0.2) is 11.4 Å². The van der Waals surface area contributed by atoms with Crippen LogP contribution >= 0.6 is 19.4 Å². The van der Waals surface area contributed by atoms with Crippen LogP contribution in [0.25, 0.3) is 11.8 Å². The zero-order valence-electron chi connectivity index (χ0n) is 21.9. The van der Waals surface area contributed by atoms with Crippen molar-refractivity contribution in [1.29, 1.82) is 0 Å². The van der Waals surface area contributed by atoms with E-state index < -0.39 is 7.82 Å². The molecule has 2 saturated heterocycles. The number of nitrogens with zero attached hydrogens (tertiary/aromatic N) is 3. The molecule has 9 nitrogen and oxygen atoms in total. The number of aromatic nitrogens is 2. The van der Waals surface area contributed by atoms with Crippen molar-refractivity contribution in [2.24, 2.45) is 0 Å². The number of hydrogen-bond donors (Lipinski definition) is 2. The summed E-state index contributed by atoms with van der Waals surface area (Å²) in [5, 5.41) is 0.688. The number of imidazole rings is 1. The molecule has 0 bridgehead atoms. The highest BCUT2D eigenvalue weighted by molar-refractivity contribution is 7.46. The van der Waals surface area contributed by atoms with Crippen LogP contribution in [-0.4, -0.2) is 38.3 Å². The number of methoxy groups -OCH3 is 1. The molecule has 0 saturated carbocycles. The average Bonchev–Trinajstić information content (AvgIpc) is 3.29. The summed E-state index contributed by atoms with van der Waals surface area (Å²) in [6.07, 6.45) is 10.2. The lowest BCUT2D eigenvalue weighted by molar-refractivity contribution is -0.596. The maximum atomic E-state index is 13.8.